The van der Waals surface area contributed by atoms with Crippen LogP contribution in [0.15, 0.2) is 12.7 Å². The lowest BCUT2D eigenvalue weighted by molar-refractivity contribution is 0.210. The second-order valence-electron chi connectivity index (χ2n) is 3.38. The summed E-state index contributed by atoms with van der Waals surface area (Å²) in [6.07, 6.45) is 8.00. The molecule has 3 aliphatic rings. The zero-order valence-corrected chi connectivity index (χ0v) is 5.19. The summed E-state index contributed by atoms with van der Waals surface area (Å²) in [5.41, 5.74) is 0.644. The first-order valence-corrected chi connectivity index (χ1v) is 3.48. The molecule has 44 valence electrons. The molecule has 0 saturated heterocycles. The van der Waals surface area contributed by atoms with Crippen LogP contribution in [0.3, 0.4) is 0 Å². The van der Waals surface area contributed by atoms with Crippen LogP contribution in [-0.2, 0) is 0 Å². The summed E-state index contributed by atoms with van der Waals surface area (Å²) >= 11 is 0. The second kappa shape index (κ2) is 1.18. The van der Waals surface area contributed by atoms with E-state index in [1.807, 2.05) is 0 Å². The lowest BCUT2D eigenvalue weighted by Crippen LogP contribution is -2.24. The van der Waals surface area contributed by atoms with Crippen molar-refractivity contribution < 1.29 is 0 Å². The van der Waals surface area contributed by atoms with E-state index in [0.29, 0.717) is 5.41 Å². The average molecular weight is 108 g/mol. The first-order chi connectivity index (χ1) is 3.85. The zero-order valence-electron chi connectivity index (χ0n) is 5.19. The molecule has 0 N–H and O–H groups in total. The number of hydrogen-bond acceptors (Lipinski definition) is 0. The standard InChI is InChI=1S/C8H12/c1-2-8-4-3-7(5-8)6-8/h2,7H,1,3-6H2. The molecule has 0 aromatic heterocycles. The molecule has 3 rings (SSSR count). The van der Waals surface area contributed by atoms with E-state index in [4.69, 9.17) is 0 Å². The first kappa shape index (κ1) is 4.60. The number of hydrogen-bond donors (Lipinski definition) is 0. The minimum absolute atomic E-state index is 0.644. The van der Waals surface area contributed by atoms with Crippen molar-refractivity contribution in [3.8, 4) is 0 Å². The molecule has 0 unspecified atom stereocenters. The van der Waals surface area contributed by atoms with Gasteiger partial charge < -0.3 is 0 Å². The zero-order chi connectivity index (χ0) is 5.61. The number of fused-ring (bicyclic) bond motifs is 1. The van der Waals surface area contributed by atoms with Crippen molar-refractivity contribution >= 4 is 0 Å². The van der Waals surface area contributed by atoms with Gasteiger partial charge in [0.15, 0.2) is 0 Å². The molecule has 0 heterocycles. The molecule has 3 saturated carbocycles. The smallest absolute Gasteiger partial charge is 0.0116 e. The largest absolute Gasteiger partial charge is 0.103 e. The lowest BCUT2D eigenvalue weighted by atomic mass is 9.70. The second-order valence-corrected chi connectivity index (χ2v) is 3.38. The fourth-order valence-corrected chi connectivity index (χ4v) is 2.26. The highest BCUT2D eigenvalue weighted by Gasteiger charge is 2.47. The molecule has 0 spiro atoms. The molecule has 0 atom stereocenters. The van der Waals surface area contributed by atoms with Gasteiger partial charge in [0.25, 0.3) is 0 Å². The summed E-state index contributed by atoms with van der Waals surface area (Å²) in [6.45, 7) is 3.85. The van der Waals surface area contributed by atoms with Crippen LogP contribution in [0, 0.1) is 11.3 Å². The maximum Gasteiger partial charge on any atom is -0.0116 e. The summed E-state index contributed by atoms with van der Waals surface area (Å²) in [5, 5.41) is 0. The third-order valence-electron chi connectivity index (χ3n) is 2.87. The van der Waals surface area contributed by atoms with Crippen LogP contribution in [0.25, 0.3) is 0 Å². The third kappa shape index (κ3) is 0.367. The normalized spacial score (nSPS) is 50.8. The van der Waals surface area contributed by atoms with Crippen molar-refractivity contribution in [2.75, 3.05) is 0 Å². The van der Waals surface area contributed by atoms with E-state index in [1.165, 1.54) is 25.7 Å². The van der Waals surface area contributed by atoms with E-state index < -0.39 is 0 Å². The molecule has 0 aromatic rings. The molecular formula is C8H12. The molecule has 0 aromatic carbocycles. The molecule has 0 nitrogen and oxygen atoms in total. The Hall–Kier alpha value is -0.260. The highest BCUT2D eigenvalue weighted by molar-refractivity contribution is 5.09. The Kier molecular flexibility index (Phi) is 0.677. The van der Waals surface area contributed by atoms with Crippen LogP contribution >= 0.6 is 0 Å². The van der Waals surface area contributed by atoms with Crippen molar-refractivity contribution in [1.82, 2.24) is 0 Å². The van der Waals surface area contributed by atoms with Crippen LogP contribution in [0.1, 0.15) is 25.7 Å². The van der Waals surface area contributed by atoms with Gasteiger partial charge in [-0.2, -0.15) is 0 Å². The Morgan fingerprint density at radius 2 is 2.25 bits per heavy atom. The average Bonchev–Trinajstić information content (AvgIpc) is 2.17. The quantitative estimate of drug-likeness (QED) is 0.452. The lowest BCUT2D eigenvalue weighted by Gasteiger charge is -2.35. The van der Waals surface area contributed by atoms with Gasteiger partial charge in [0.1, 0.15) is 0 Å². The van der Waals surface area contributed by atoms with E-state index in [2.05, 4.69) is 12.7 Å². The minimum Gasteiger partial charge on any atom is -0.103 e. The van der Waals surface area contributed by atoms with Crippen LogP contribution in [0.4, 0.5) is 0 Å². The predicted molar refractivity (Wildman–Crippen MR) is 34.6 cm³/mol. The number of allylic oxidation sites excluding steroid dienone is 1. The van der Waals surface area contributed by atoms with Gasteiger partial charge in [-0.1, -0.05) is 6.08 Å². The molecule has 3 aliphatic carbocycles. The molecule has 0 amide bonds. The first-order valence-electron chi connectivity index (χ1n) is 3.48. The fraction of sp³-hybridized carbons (Fsp3) is 0.750. The third-order valence-corrected chi connectivity index (χ3v) is 2.87. The molecule has 0 heteroatoms. The molecule has 8 heavy (non-hydrogen) atoms. The monoisotopic (exact) mass is 108 g/mol. The summed E-state index contributed by atoms with van der Waals surface area (Å²) in [7, 11) is 0. The van der Waals surface area contributed by atoms with Crippen molar-refractivity contribution in [2.45, 2.75) is 25.7 Å². The van der Waals surface area contributed by atoms with E-state index in [1.54, 1.807) is 0 Å². The molecule has 2 bridgehead atoms. The van der Waals surface area contributed by atoms with Gasteiger partial charge in [-0.3, -0.25) is 0 Å². The topological polar surface area (TPSA) is 0 Å². The summed E-state index contributed by atoms with van der Waals surface area (Å²) in [4.78, 5) is 0. The maximum absolute atomic E-state index is 3.85. The predicted octanol–water partition coefficient (Wildman–Crippen LogP) is 2.36. The Balaban J connectivity index is 2.19. The summed E-state index contributed by atoms with van der Waals surface area (Å²) in [6, 6.07) is 0. The van der Waals surface area contributed by atoms with Crippen molar-refractivity contribution in [3.63, 3.8) is 0 Å². The minimum atomic E-state index is 0.644. The Bertz CT molecular complexity index is 112. The highest BCUT2D eigenvalue weighted by atomic mass is 14.5. The van der Waals surface area contributed by atoms with Gasteiger partial charge in [-0.25, -0.2) is 0 Å². The SMILES string of the molecule is C=CC12CCC(C1)C2. The van der Waals surface area contributed by atoms with Crippen LogP contribution in [0.5, 0.6) is 0 Å². The van der Waals surface area contributed by atoms with E-state index in [0.717, 1.165) is 5.92 Å². The van der Waals surface area contributed by atoms with E-state index >= 15 is 0 Å². The van der Waals surface area contributed by atoms with E-state index in [9.17, 15) is 0 Å². The summed E-state index contributed by atoms with van der Waals surface area (Å²) < 4.78 is 0. The van der Waals surface area contributed by atoms with Crippen LogP contribution < -0.4 is 0 Å². The Morgan fingerprint density at radius 3 is 2.50 bits per heavy atom. The maximum atomic E-state index is 3.85. The Labute approximate surface area is 50.6 Å². The fourth-order valence-electron chi connectivity index (χ4n) is 2.26. The highest BCUT2D eigenvalue weighted by Crippen LogP contribution is 2.59. The van der Waals surface area contributed by atoms with Crippen LogP contribution in [-0.4, -0.2) is 0 Å². The van der Waals surface area contributed by atoms with Gasteiger partial charge in [-0.05, 0) is 37.0 Å². The van der Waals surface area contributed by atoms with Gasteiger partial charge in [0.05, 0.1) is 0 Å². The van der Waals surface area contributed by atoms with Gasteiger partial charge in [0.2, 0.25) is 0 Å². The van der Waals surface area contributed by atoms with Gasteiger partial charge in [0, 0.05) is 0 Å². The summed E-state index contributed by atoms with van der Waals surface area (Å²) in [5.74, 6) is 1.09. The van der Waals surface area contributed by atoms with Crippen LogP contribution in [0.2, 0.25) is 0 Å². The van der Waals surface area contributed by atoms with Gasteiger partial charge >= 0.3 is 0 Å². The van der Waals surface area contributed by atoms with Gasteiger partial charge in [-0.15, -0.1) is 6.58 Å². The Morgan fingerprint density at radius 1 is 1.50 bits per heavy atom. The van der Waals surface area contributed by atoms with Crippen molar-refractivity contribution in [1.29, 1.82) is 0 Å². The van der Waals surface area contributed by atoms with Crippen molar-refractivity contribution in [3.05, 3.63) is 12.7 Å². The molecule has 3 fully saturated rings. The molecule has 0 radical (unpaired) electrons. The van der Waals surface area contributed by atoms with Crippen molar-refractivity contribution in [2.24, 2.45) is 11.3 Å². The molecular weight excluding hydrogens is 96.1 g/mol. The number of rotatable bonds is 1. The molecule has 0 aliphatic heterocycles. The van der Waals surface area contributed by atoms with E-state index in [-0.39, 0.29) is 0 Å².